The molecule has 0 saturated carbocycles. The van der Waals surface area contributed by atoms with Crippen LogP contribution in [0.1, 0.15) is 31.8 Å². The number of benzene rings is 3. The number of halogens is 1. The molecule has 10 heteroatoms. The zero-order valence-electron chi connectivity index (χ0n) is 19.2. The van der Waals surface area contributed by atoms with Gasteiger partial charge in [0, 0.05) is 35.9 Å². The Morgan fingerprint density at radius 1 is 0.943 bits per heavy atom. The van der Waals surface area contributed by atoms with Gasteiger partial charge in [-0.15, -0.1) is 0 Å². The monoisotopic (exact) mass is 514 g/mol. The summed E-state index contributed by atoms with van der Waals surface area (Å²) in [6, 6.07) is 16.7. The number of sulfonamides is 1. The highest BCUT2D eigenvalue weighted by molar-refractivity contribution is 7.89. The first kappa shape index (κ1) is 26.1. The molecule has 0 radical (unpaired) electrons. The van der Waals surface area contributed by atoms with Crippen molar-refractivity contribution in [1.29, 1.82) is 0 Å². The first-order valence-corrected chi connectivity index (χ1v) is 12.2. The number of ether oxygens (including phenoxy) is 1. The second-order valence-electron chi connectivity index (χ2n) is 7.77. The topological polar surface area (TPSA) is 110 Å². The smallest absolute Gasteiger partial charge is 0.339 e. The molecular weight excluding hydrogens is 492 g/mol. The lowest BCUT2D eigenvalue weighted by atomic mass is 9.98. The lowest BCUT2D eigenvalue weighted by Gasteiger charge is -2.14. The van der Waals surface area contributed by atoms with Crippen LogP contribution in [0.15, 0.2) is 71.6 Å². The number of aryl methyl sites for hydroxylation is 1. The van der Waals surface area contributed by atoms with Crippen LogP contribution in [0.4, 0.5) is 5.69 Å². The van der Waals surface area contributed by atoms with Gasteiger partial charge in [0.1, 0.15) is 0 Å². The van der Waals surface area contributed by atoms with E-state index in [9.17, 15) is 22.8 Å². The van der Waals surface area contributed by atoms with Crippen molar-refractivity contribution in [2.45, 2.75) is 11.8 Å². The summed E-state index contributed by atoms with van der Waals surface area (Å²) in [4.78, 5) is 38.0. The van der Waals surface area contributed by atoms with Gasteiger partial charge in [-0.1, -0.05) is 35.9 Å². The van der Waals surface area contributed by atoms with Crippen LogP contribution in [0.5, 0.6) is 0 Å². The van der Waals surface area contributed by atoms with E-state index in [4.69, 9.17) is 16.3 Å². The number of esters is 1. The molecule has 0 atom stereocenters. The van der Waals surface area contributed by atoms with Gasteiger partial charge in [0.15, 0.2) is 12.4 Å². The SMILES string of the molecule is Cc1ccc(S(=O)(=O)N(C)C)cc1NC(=O)COC(=O)c1ccccc1C(=O)c1ccc(Cl)cc1. The highest BCUT2D eigenvalue weighted by Crippen LogP contribution is 2.22. The van der Waals surface area contributed by atoms with Crippen molar-refractivity contribution < 1.29 is 27.5 Å². The standard InChI is InChI=1S/C25H23ClN2O6S/c1-16-8-13-19(35(32,33)28(2)3)14-22(16)27-23(29)15-34-25(31)21-7-5-4-6-20(21)24(30)17-9-11-18(26)12-10-17/h4-14H,15H2,1-3H3,(H,27,29). The molecule has 0 spiro atoms. The molecule has 0 aliphatic rings. The van der Waals surface area contributed by atoms with Crippen LogP contribution in [0.3, 0.4) is 0 Å². The average molecular weight is 515 g/mol. The maximum absolute atomic E-state index is 12.9. The van der Waals surface area contributed by atoms with Gasteiger partial charge in [-0.2, -0.15) is 0 Å². The second kappa shape index (κ2) is 10.8. The van der Waals surface area contributed by atoms with Crippen molar-refractivity contribution in [3.8, 4) is 0 Å². The molecule has 1 amide bonds. The summed E-state index contributed by atoms with van der Waals surface area (Å²) in [5.41, 5.74) is 1.37. The normalized spacial score (nSPS) is 11.2. The minimum atomic E-state index is -3.69. The van der Waals surface area contributed by atoms with Gasteiger partial charge in [0.25, 0.3) is 5.91 Å². The Balaban J connectivity index is 1.72. The Kier molecular flexibility index (Phi) is 8.06. The van der Waals surface area contributed by atoms with E-state index in [1.165, 1.54) is 38.4 Å². The Bertz CT molecular complexity index is 1390. The summed E-state index contributed by atoms with van der Waals surface area (Å²) >= 11 is 5.87. The third kappa shape index (κ3) is 6.13. The fourth-order valence-electron chi connectivity index (χ4n) is 3.12. The van der Waals surface area contributed by atoms with Crippen LogP contribution in [0.2, 0.25) is 5.02 Å². The molecule has 0 heterocycles. The first-order chi connectivity index (χ1) is 16.5. The van der Waals surface area contributed by atoms with E-state index in [1.54, 1.807) is 49.4 Å². The van der Waals surface area contributed by atoms with E-state index < -0.39 is 34.3 Å². The van der Waals surface area contributed by atoms with Crippen LogP contribution >= 0.6 is 11.6 Å². The van der Waals surface area contributed by atoms with Crippen molar-refractivity contribution in [2.75, 3.05) is 26.0 Å². The molecule has 3 rings (SSSR count). The van der Waals surface area contributed by atoms with Crippen LogP contribution < -0.4 is 5.32 Å². The lowest BCUT2D eigenvalue weighted by molar-refractivity contribution is -0.119. The van der Waals surface area contributed by atoms with Gasteiger partial charge >= 0.3 is 5.97 Å². The van der Waals surface area contributed by atoms with Gasteiger partial charge in [0.2, 0.25) is 10.0 Å². The van der Waals surface area contributed by atoms with Crippen molar-refractivity contribution in [2.24, 2.45) is 0 Å². The minimum Gasteiger partial charge on any atom is -0.452 e. The largest absolute Gasteiger partial charge is 0.452 e. The van der Waals surface area contributed by atoms with E-state index in [0.29, 0.717) is 16.1 Å². The molecule has 0 aliphatic heterocycles. The molecule has 182 valence electrons. The Morgan fingerprint density at radius 2 is 1.57 bits per heavy atom. The van der Waals surface area contributed by atoms with E-state index in [-0.39, 0.29) is 21.7 Å². The summed E-state index contributed by atoms with van der Waals surface area (Å²) in [6.07, 6.45) is 0. The van der Waals surface area contributed by atoms with Gasteiger partial charge in [-0.3, -0.25) is 9.59 Å². The number of ketones is 1. The fraction of sp³-hybridized carbons (Fsp3) is 0.160. The number of hydrogen-bond donors (Lipinski definition) is 1. The van der Waals surface area contributed by atoms with E-state index in [0.717, 1.165) is 4.31 Å². The Labute approximate surface area is 208 Å². The van der Waals surface area contributed by atoms with Gasteiger partial charge in [-0.25, -0.2) is 17.5 Å². The van der Waals surface area contributed by atoms with Crippen molar-refractivity contribution in [3.05, 3.63) is 94.0 Å². The maximum Gasteiger partial charge on any atom is 0.339 e. The maximum atomic E-state index is 12.9. The third-order valence-corrected chi connectivity index (χ3v) is 7.16. The molecule has 0 bridgehead atoms. The number of rotatable bonds is 8. The van der Waals surface area contributed by atoms with Crippen LogP contribution in [0, 0.1) is 6.92 Å². The molecule has 0 unspecified atom stereocenters. The molecular formula is C25H23ClN2O6S. The molecule has 0 fully saturated rings. The first-order valence-electron chi connectivity index (χ1n) is 10.4. The summed E-state index contributed by atoms with van der Waals surface area (Å²) in [5, 5.41) is 3.03. The zero-order valence-corrected chi connectivity index (χ0v) is 20.8. The predicted molar refractivity (Wildman–Crippen MR) is 132 cm³/mol. The predicted octanol–water partition coefficient (Wildman–Crippen LogP) is 3.93. The highest BCUT2D eigenvalue weighted by atomic mass is 35.5. The molecule has 3 aromatic carbocycles. The molecule has 3 aromatic rings. The number of carbonyl (C=O) groups is 3. The van der Waals surface area contributed by atoms with Gasteiger partial charge in [-0.05, 0) is 55.0 Å². The highest BCUT2D eigenvalue weighted by Gasteiger charge is 2.21. The zero-order chi connectivity index (χ0) is 25.8. The van der Waals surface area contributed by atoms with Gasteiger partial charge < -0.3 is 10.1 Å². The van der Waals surface area contributed by atoms with Crippen LogP contribution in [-0.2, 0) is 19.6 Å². The molecule has 8 nitrogen and oxygen atoms in total. The molecule has 0 aliphatic carbocycles. The number of amides is 1. The van der Waals surface area contributed by atoms with Crippen LogP contribution in [-0.4, -0.2) is 51.1 Å². The fourth-order valence-corrected chi connectivity index (χ4v) is 4.17. The number of nitrogens with zero attached hydrogens (tertiary/aromatic N) is 1. The summed E-state index contributed by atoms with van der Waals surface area (Å²) in [6.45, 7) is 1.07. The number of hydrogen-bond acceptors (Lipinski definition) is 6. The Hall–Kier alpha value is -3.53. The van der Waals surface area contributed by atoms with Crippen molar-refractivity contribution in [3.63, 3.8) is 0 Å². The average Bonchev–Trinajstić information content (AvgIpc) is 2.83. The molecule has 0 saturated heterocycles. The van der Waals surface area contributed by atoms with E-state index >= 15 is 0 Å². The summed E-state index contributed by atoms with van der Waals surface area (Å²) in [5.74, 6) is -1.91. The number of nitrogens with one attached hydrogen (secondary N) is 1. The summed E-state index contributed by atoms with van der Waals surface area (Å²) in [7, 11) is -0.884. The van der Waals surface area contributed by atoms with E-state index in [1.807, 2.05) is 0 Å². The number of anilines is 1. The third-order valence-electron chi connectivity index (χ3n) is 5.09. The Morgan fingerprint density at radius 3 is 2.20 bits per heavy atom. The lowest BCUT2D eigenvalue weighted by Crippen LogP contribution is -2.24. The van der Waals surface area contributed by atoms with Crippen molar-refractivity contribution in [1.82, 2.24) is 4.31 Å². The summed E-state index contributed by atoms with van der Waals surface area (Å²) < 4.78 is 30.9. The van der Waals surface area contributed by atoms with Crippen molar-refractivity contribution >= 4 is 45.0 Å². The second-order valence-corrected chi connectivity index (χ2v) is 10.4. The minimum absolute atomic E-state index is 0.00929. The molecule has 0 aromatic heterocycles. The molecule has 35 heavy (non-hydrogen) atoms. The quantitative estimate of drug-likeness (QED) is 0.360. The van der Waals surface area contributed by atoms with E-state index in [2.05, 4.69) is 5.32 Å². The number of carbonyl (C=O) groups excluding carboxylic acids is 3. The van der Waals surface area contributed by atoms with Crippen LogP contribution in [0.25, 0.3) is 0 Å². The molecule has 1 N–H and O–H groups in total. The van der Waals surface area contributed by atoms with Gasteiger partial charge in [0.05, 0.1) is 10.5 Å².